The van der Waals surface area contributed by atoms with Crippen LogP contribution in [0.25, 0.3) is 0 Å². The lowest BCUT2D eigenvalue weighted by atomic mass is 10.1. The topological polar surface area (TPSA) is 76.4 Å². The smallest absolute Gasteiger partial charge is 0.251 e. The number of amides is 1. The first-order valence-corrected chi connectivity index (χ1v) is 7.86. The molecule has 0 heterocycles. The minimum atomic E-state index is -0.0631. The fourth-order valence-corrected chi connectivity index (χ4v) is 2.27. The van der Waals surface area contributed by atoms with Gasteiger partial charge >= 0.3 is 0 Å². The van der Waals surface area contributed by atoms with E-state index >= 15 is 0 Å². The molecule has 2 aromatic rings. The van der Waals surface area contributed by atoms with Crippen molar-refractivity contribution in [3.8, 4) is 5.75 Å². The highest BCUT2D eigenvalue weighted by Crippen LogP contribution is 2.26. The molecule has 1 amide bonds. The maximum atomic E-state index is 12.0. The van der Waals surface area contributed by atoms with Crippen molar-refractivity contribution in [1.29, 1.82) is 0 Å². The highest BCUT2D eigenvalue weighted by molar-refractivity contribution is 5.96. The van der Waals surface area contributed by atoms with Crippen LogP contribution in [0.1, 0.15) is 30.1 Å². The summed E-state index contributed by atoms with van der Waals surface area (Å²) in [6, 6.07) is 13.3. The van der Waals surface area contributed by atoms with E-state index in [0.29, 0.717) is 23.9 Å². The van der Waals surface area contributed by atoms with Crippen molar-refractivity contribution in [3.05, 3.63) is 48.0 Å². The first-order chi connectivity index (χ1) is 11.2. The van der Waals surface area contributed by atoms with Gasteiger partial charge in [-0.3, -0.25) is 4.79 Å². The van der Waals surface area contributed by atoms with Crippen molar-refractivity contribution >= 4 is 23.0 Å². The highest BCUT2D eigenvalue weighted by atomic mass is 16.5. The summed E-state index contributed by atoms with van der Waals surface area (Å²) in [7, 11) is 0. The van der Waals surface area contributed by atoms with E-state index in [2.05, 4.69) is 10.6 Å². The van der Waals surface area contributed by atoms with E-state index in [0.717, 1.165) is 30.0 Å². The van der Waals surface area contributed by atoms with Crippen molar-refractivity contribution in [3.63, 3.8) is 0 Å². The van der Waals surface area contributed by atoms with Gasteiger partial charge in [-0.05, 0) is 62.2 Å². The Morgan fingerprint density at radius 1 is 1.22 bits per heavy atom. The van der Waals surface area contributed by atoms with Crippen molar-refractivity contribution < 1.29 is 9.53 Å². The number of carbonyl (C=O) groups is 1. The second kappa shape index (κ2) is 6.60. The summed E-state index contributed by atoms with van der Waals surface area (Å²) < 4.78 is 5.42. The van der Waals surface area contributed by atoms with Crippen LogP contribution in [0.15, 0.2) is 42.5 Å². The Morgan fingerprint density at radius 2 is 1.96 bits per heavy atom. The van der Waals surface area contributed by atoms with Crippen molar-refractivity contribution in [2.45, 2.75) is 25.8 Å². The quantitative estimate of drug-likeness (QED) is 0.715. The predicted octanol–water partition coefficient (Wildman–Crippen LogP) is 3.30. The summed E-state index contributed by atoms with van der Waals surface area (Å²) in [6.45, 7) is 2.60. The zero-order chi connectivity index (χ0) is 16.2. The monoisotopic (exact) mass is 311 g/mol. The molecule has 3 rings (SSSR count). The third-order valence-corrected chi connectivity index (χ3v) is 3.67. The predicted molar refractivity (Wildman–Crippen MR) is 92.2 cm³/mol. The molecule has 120 valence electrons. The average Bonchev–Trinajstić information content (AvgIpc) is 3.35. The van der Waals surface area contributed by atoms with Crippen LogP contribution in [-0.4, -0.2) is 18.6 Å². The summed E-state index contributed by atoms with van der Waals surface area (Å²) in [4.78, 5) is 12.0. The summed E-state index contributed by atoms with van der Waals surface area (Å²) in [6.07, 6.45) is 2.14. The van der Waals surface area contributed by atoms with E-state index in [4.69, 9.17) is 10.5 Å². The van der Waals surface area contributed by atoms with Gasteiger partial charge in [0.25, 0.3) is 5.91 Å². The van der Waals surface area contributed by atoms with Gasteiger partial charge in [-0.25, -0.2) is 0 Å². The Balaban J connectivity index is 1.68. The number of hydrogen-bond acceptors (Lipinski definition) is 4. The molecule has 1 saturated carbocycles. The van der Waals surface area contributed by atoms with Gasteiger partial charge in [0.05, 0.1) is 18.0 Å². The van der Waals surface area contributed by atoms with Gasteiger partial charge in [0.2, 0.25) is 0 Å². The molecule has 4 N–H and O–H groups in total. The number of ether oxygens (including phenoxy) is 1. The van der Waals surface area contributed by atoms with Gasteiger partial charge in [0.15, 0.2) is 0 Å². The van der Waals surface area contributed by atoms with Crippen LogP contribution in [0.2, 0.25) is 0 Å². The van der Waals surface area contributed by atoms with Crippen molar-refractivity contribution in [2.75, 3.05) is 17.7 Å². The Labute approximate surface area is 135 Å². The standard InChI is InChI=1S/C18H21N3O2/c1-2-23-15-8-6-13(7-9-15)20-17-10-3-12(11-16(17)19)18(22)21-14-4-5-14/h3,6-11,14,20H,2,4-5,19H2,1H3,(H,21,22). The van der Waals surface area contributed by atoms with Crippen LogP contribution in [0.4, 0.5) is 17.1 Å². The molecule has 0 bridgehead atoms. The number of anilines is 3. The number of benzene rings is 2. The molecule has 0 atom stereocenters. The maximum Gasteiger partial charge on any atom is 0.251 e. The zero-order valence-electron chi connectivity index (χ0n) is 13.1. The number of nitrogens with one attached hydrogen (secondary N) is 2. The van der Waals surface area contributed by atoms with Gasteiger partial charge in [-0.1, -0.05) is 0 Å². The number of carbonyl (C=O) groups excluding carboxylic acids is 1. The largest absolute Gasteiger partial charge is 0.494 e. The van der Waals surface area contributed by atoms with Crippen LogP contribution in [0.5, 0.6) is 5.75 Å². The molecule has 2 aromatic carbocycles. The Bertz CT molecular complexity index is 694. The fourth-order valence-electron chi connectivity index (χ4n) is 2.27. The molecule has 0 saturated heterocycles. The molecule has 1 aliphatic carbocycles. The van der Waals surface area contributed by atoms with Crippen molar-refractivity contribution in [2.24, 2.45) is 0 Å². The van der Waals surface area contributed by atoms with Gasteiger partial charge < -0.3 is 21.1 Å². The van der Waals surface area contributed by atoms with E-state index < -0.39 is 0 Å². The van der Waals surface area contributed by atoms with E-state index in [1.807, 2.05) is 37.3 Å². The molecule has 0 aliphatic heterocycles. The van der Waals surface area contributed by atoms with Crippen LogP contribution in [0.3, 0.4) is 0 Å². The summed E-state index contributed by atoms with van der Waals surface area (Å²) in [5.41, 5.74) is 8.88. The summed E-state index contributed by atoms with van der Waals surface area (Å²) >= 11 is 0. The molecule has 0 aromatic heterocycles. The highest BCUT2D eigenvalue weighted by Gasteiger charge is 2.23. The van der Waals surface area contributed by atoms with Gasteiger partial charge in [-0.15, -0.1) is 0 Å². The lowest BCUT2D eigenvalue weighted by Gasteiger charge is -2.12. The Hall–Kier alpha value is -2.69. The minimum absolute atomic E-state index is 0.0631. The molecule has 1 aliphatic rings. The van der Waals surface area contributed by atoms with E-state index in [1.54, 1.807) is 12.1 Å². The molecule has 23 heavy (non-hydrogen) atoms. The van der Waals surface area contributed by atoms with E-state index in [9.17, 15) is 4.79 Å². The van der Waals surface area contributed by atoms with Crippen LogP contribution < -0.4 is 21.1 Å². The van der Waals surface area contributed by atoms with Gasteiger partial charge in [0.1, 0.15) is 5.75 Å². The minimum Gasteiger partial charge on any atom is -0.494 e. The fraction of sp³-hybridized carbons (Fsp3) is 0.278. The number of nitrogen functional groups attached to an aromatic ring is 1. The third kappa shape index (κ3) is 3.94. The first kappa shape index (κ1) is 15.2. The maximum absolute atomic E-state index is 12.0. The van der Waals surface area contributed by atoms with E-state index in [1.165, 1.54) is 0 Å². The first-order valence-electron chi connectivity index (χ1n) is 7.86. The molecular weight excluding hydrogens is 290 g/mol. The van der Waals surface area contributed by atoms with Gasteiger partial charge in [-0.2, -0.15) is 0 Å². The van der Waals surface area contributed by atoms with Crippen molar-refractivity contribution in [1.82, 2.24) is 5.32 Å². The third-order valence-electron chi connectivity index (χ3n) is 3.67. The molecule has 0 radical (unpaired) electrons. The van der Waals surface area contributed by atoms with Gasteiger partial charge in [0, 0.05) is 17.3 Å². The second-order valence-electron chi connectivity index (χ2n) is 5.63. The van der Waals surface area contributed by atoms with Crippen LogP contribution in [0, 0.1) is 0 Å². The van der Waals surface area contributed by atoms with E-state index in [-0.39, 0.29) is 5.91 Å². The molecule has 0 unspecified atom stereocenters. The molecule has 5 nitrogen and oxygen atoms in total. The zero-order valence-corrected chi connectivity index (χ0v) is 13.1. The van der Waals surface area contributed by atoms with Crippen LogP contribution in [-0.2, 0) is 0 Å². The molecule has 5 heteroatoms. The number of nitrogens with two attached hydrogens (primary N) is 1. The number of rotatable bonds is 6. The average molecular weight is 311 g/mol. The second-order valence-corrected chi connectivity index (χ2v) is 5.63. The molecular formula is C18H21N3O2. The molecule has 1 fully saturated rings. The Kier molecular flexibility index (Phi) is 4.37. The SMILES string of the molecule is CCOc1ccc(Nc2ccc(C(=O)NC3CC3)cc2N)cc1. The lowest BCUT2D eigenvalue weighted by molar-refractivity contribution is 0.0951. The Morgan fingerprint density at radius 3 is 2.57 bits per heavy atom. The van der Waals surface area contributed by atoms with Crippen LogP contribution >= 0.6 is 0 Å². The molecule has 0 spiro atoms. The lowest BCUT2D eigenvalue weighted by Crippen LogP contribution is -2.25. The summed E-state index contributed by atoms with van der Waals surface area (Å²) in [5.74, 6) is 0.768. The number of hydrogen-bond donors (Lipinski definition) is 3. The normalized spacial score (nSPS) is 13.4. The summed E-state index contributed by atoms with van der Waals surface area (Å²) in [5, 5.41) is 6.20.